The van der Waals surface area contributed by atoms with Crippen molar-refractivity contribution in [3.05, 3.63) is 35.9 Å². The van der Waals surface area contributed by atoms with Gasteiger partial charge in [-0.3, -0.25) is 9.80 Å². The molecule has 1 aliphatic rings. The minimum absolute atomic E-state index is 0.558. The molecule has 1 atom stereocenters. The van der Waals surface area contributed by atoms with Crippen LogP contribution in [0.5, 0.6) is 0 Å². The molecule has 3 nitrogen and oxygen atoms in total. The van der Waals surface area contributed by atoms with E-state index in [1.165, 1.54) is 5.56 Å². The molecule has 1 fully saturated rings. The molecule has 108 valence electrons. The van der Waals surface area contributed by atoms with Gasteiger partial charge in [-0.1, -0.05) is 36.3 Å². The molecule has 0 aliphatic carbocycles. The molecule has 0 spiro atoms. The van der Waals surface area contributed by atoms with Crippen LogP contribution >= 0.6 is 0 Å². The van der Waals surface area contributed by atoms with Crippen molar-refractivity contribution in [1.82, 2.24) is 15.1 Å². The number of piperazine rings is 1. The van der Waals surface area contributed by atoms with Crippen LogP contribution in [-0.2, 0) is 6.54 Å². The van der Waals surface area contributed by atoms with Gasteiger partial charge in [0.1, 0.15) is 0 Å². The molecular formula is C17H25N3. The molecule has 1 unspecified atom stereocenters. The summed E-state index contributed by atoms with van der Waals surface area (Å²) < 4.78 is 0. The van der Waals surface area contributed by atoms with E-state index >= 15 is 0 Å². The maximum Gasteiger partial charge on any atom is 0.0574 e. The van der Waals surface area contributed by atoms with Crippen molar-refractivity contribution < 1.29 is 0 Å². The normalized spacial score (nSPS) is 18.6. The molecule has 2 rings (SSSR count). The molecule has 1 N–H and O–H groups in total. The van der Waals surface area contributed by atoms with Gasteiger partial charge in [-0.05, 0) is 12.5 Å². The monoisotopic (exact) mass is 271 g/mol. The van der Waals surface area contributed by atoms with Crippen LogP contribution in [0.25, 0.3) is 0 Å². The highest BCUT2D eigenvalue weighted by molar-refractivity contribution is 5.14. The molecular weight excluding hydrogens is 246 g/mol. The van der Waals surface area contributed by atoms with Gasteiger partial charge in [-0.15, -0.1) is 6.42 Å². The molecule has 1 saturated heterocycles. The Labute approximate surface area is 123 Å². The van der Waals surface area contributed by atoms with Crippen molar-refractivity contribution in [2.24, 2.45) is 0 Å². The zero-order chi connectivity index (χ0) is 14.2. The van der Waals surface area contributed by atoms with Gasteiger partial charge >= 0.3 is 0 Å². The molecule has 0 aromatic heterocycles. The predicted molar refractivity (Wildman–Crippen MR) is 84.5 cm³/mol. The average Bonchev–Trinajstić information content (AvgIpc) is 2.49. The molecule has 1 heterocycles. The van der Waals surface area contributed by atoms with Crippen LogP contribution in [0.3, 0.4) is 0 Å². The van der Waals surface area contributed by atoms with E-state index in [4.69, 9.17) is 6.42 Å². The number of rotatable bonds is 6. The van der Waals surface area contributed by atoms with Crippen LogP contribution in [0.4, 0.5) is 0 Å². The van der Waals surface area contributed by atoms with E-state index in [2.05, 4.69) is 58.3 Å². The van der Waals surface area contributed by atoms with E-state index in [1.54, 1.807) is 0 Å². The van der Waals surface area contributed by atoms with Crippen molar-refractivity contribution in [2.75, 3.05) is 39.3 Å². The van der Waals surface area contributed by atoms with Crippen molar-refractivity contribution in [1.29, 1.82) is 0 Å². The van der Waals surface area contributed by atoms with Crippen LogP contribution in [-0.4, -0.2) is 55.1 Å². The smallest absolute Gasteiger partial charge is 0.0574 e. The summed E-state index contributed by atoms with van der Waals surface area (Å²) in [5.74, 6) is 2.62. The Morgan fingerprint density at radius 2 is 1.90 bits per heavy atom. The molecule has 0 bridgehead atoms. The first-order chi connectivity index (χ1) is 9.79. The maximum atomic E-state index is 5.25. The van der Waals surface area contributed by atoms with Crippen molar-refractivity contribution in [2.45, 2.75) is 19.5 Å². The first kappa shape index (κ1) is 15.1. The van der Waals surface area contributed by atoms with Crippen molar-refractivity contribution in [3.8, 4) is 12.3 Å². The zero-order valence-corrected chi connectivity index (χ0v) is 12.4. The minimum atomic E-state index is 0.558. The SMILES string of the molecule is C#CCNCC(C)N1CCN(Cc2ccccc2)CC1. The fourth-order valence-corrected chi connectivity index (χ4v) is 2.69. The van der Waals surface area contributed by atoms with Gasteiger partial charge in [0.2, 0.25) is 0 Å². The Bertz CT molecular complexity index is 416. The number of terminal acetylenes is 1. The average molecular weight is 271 g/mol. The van der Waals surface area contributed by atoms with Gasteiger partial charge in [0.25, 0.3) is 0 Å². The number of nitrogens with one attached hydrogen (secondary N) is 1. The quantitative estimate of drug-likeness (QED) is 0.623. The zero-order valence-electron chi connectivity index (χ0n) is 12.4. The first-order valence-electron chi connectivity index (χ1n) is 7.44. The fraction of sp³-hybridized carbons (Fsp3) is 0.529. The fourth-order valence-electron chi connectivity index (χ4n) is 2.69. The second kappa shape index (κ2) is 8.06. The third kappa shape index (κ3) is 4.64. The Kier molecular flexibility index (Phi) is 6.07. The lowest BCUT2D eigenvalue weighted by Crippen LogP contribution is -2.51. The van der Waals surface area contributed by atoms with Gasteiger partial charge in [0.05, 0.1) is 6.54 Å². The lowest BCUT2D eigenvalue weighted by molar-refractivity contribution is 0.0977. The predicted octanol–water partition coefficient (Wildman–Crippen LogP) is 1.42. The van der Waals surface area contributed by atoms with Gasteiger partial charge in [-0.25, -0.2) is 0 Å². The van der Waals surface area contributed by atoms with Crippen molar-refractivity contribution in [3.63, 3.8) is 0 Å². The van der Waals surface area contributed by atoms with Crippen LogP contribution < -0.4 is 5.32 Å². The molecule has 3 heteroatoms. The molecule has 1 aromatic rings. The largest absolute Gasteiger partial charge is 0.305 e. The summed E-state index contributed by atoms with van der Waals surface area (Å²) in [5.41, 5.74) is 1.41. The van der Waals surface area contributed by atoms with E-state index in [-0.39, 0.29) is 0 Å². The van der Waals surface area contributed by atoms with Gasteiger partial charge in [0.15, 0.2) is 0 Å². The second-order valence-corrected chi connectivity index (χ2v) is 5.48. The first-order valence-corrected chi connectivity index (χ1v) is 7.44. The van der Waals surface area contributed by atoms with Gasteiger partial charge < -0.3 is 5.32 Å². The maximum absolute atomic E-state index is 5.25. The summed E-state index contributed by atoms with van der Waals surface area (Å²) in [6, 6.07) is 11.3. The van der Waals surface area contributed by atoms with E-state index in [1.807, 2.05) is 0 Å². The third-order valence-electron chi connectivity index (χ3n) is 3.95. The highest BCUT2D eigenvalue weighted by Crippen LogP contribution is 2.10. The molecule has 20 heavy (non-hydrogen) atoms. The number of nitrogens with zero attached hydrogens (tertiary/aromatic N) is 2. The van der Waals surface area contributed by atoms with E-state index in [9.17, 15) is 0 Å². The highest BCUT2D eigenvalue weighted by Gasteiger charge is 2.20. The third-order valence-corrected chi connectivity index (χ3v) is 3.95. The molecule has 1 aliphatic heterocycles. The Morgan fingerprint density at radius 3 is 2.55 bits per heavy atom. The van der Waals surface area contributed by atoms with E-state index in [0.717, 1.165) is 39.3 Å². The summed E-state index contributed by atoms with van der Waals surface area (Å²) >= 11 is 0. The van der Waals surface area contributed by atoms with E-state index < -0.39 is 0 Å². The van der Waals surface area contributed by atoms with Crippen LogP contribution in [0.2, 0.25) is 0 Å². The van der Waals surface area contributed by atoms with Gasteiger partial charge in [0, 0.05) is 45.3 Å². The Balaban J connectivity index is 1.71. The number of benzene rings is 1. The minimum Gasteiger partial charge on any atom is -0.305 e. The highest BCUT2D eigenvalue weighted by atomic mass is 15.3. The van der Waals surface area contributed by atoms with Gasteiger partial charge in [-0.2, -0.15) is 0 Å². The van der Waals surface area contributed by atoms with E-state index in [0.29, 0.717) is 12.6 Å². The second-order valence-electron chi connectivity index (χ2n) is 5.48. The number of hydrogen-bond acceptors (Lipinski definition) is 3. The topological polar surface area (TPSA) is 18.5 Å². The van der Waals surface area contributed by atoms with Crippen LogP contribution in [0.1, 0.15) is 12.5 Å². The van der Waals surface area contributed by atoms with Crippen molar-refractivity contribution >= 4 is 0 Å². The van der Waals surface area contributed by atoms with Crippen LogP contribution in [0, 0.1) is 12.3 Å². The Morgan fingerprint density at radius 1 is 1.20 bits per heavy atom. The molecule has 0 amide bonds. The number of hydrogen-bond donors (Lipinski definition) is 1. The lowest BCUT2D eigenvalue weighted by atomic mass is 10.2. The van der Waals surface area contributed by atoms with Crippen LogP contribution in [0.15, 0.2) is 30.3 Å². The summed E-state index contributed by atoms with van der Waals surface area (Å²) in [5, 5.41) is 3.29. The summed E-state index contributed by atoms with van der Waals surface area (Å²) in [6.45, 7) is 9.57. The molecule has 0 saturated carbocycles. The summed E-state index contributed by atoms with van der Waals surface area (Å²) in [6.07, 6.45) is 5.25. The summed E-state index contributed by atoms with van der Waals surface area (Å²) in [4.78, 5) is 5.08. The Hall–Kier alpha value is -1.34. The summed E-state index contributed by atoms with van der Waals surface area (Å²) in [7, 11) is 0. The molecule has 0 radical (unpaired) electrons. The lowest BCUT2D eigenvalue weighted by Gasteiger charge is -2.38. The molecule has 1 aromatic carbocycles. The standard InChI is InChI=1S/C17H25N3/c1-3-9-18-14-16(2)20-12-10-19(11-13-20)15-17-7-5-4-6-8-17/h1,4-8,16,18H,9-15H2,2H3.